The van der Waals surface area contributed by atoms with Crippen molar-refractivity contribution in [3.05, 3.63) is 50.8 Å². The standard InChI is InChI=1S/C14H11N5O3S/c20-11(8-6-15-14-19(12(8)21)3-4-23-14)16-7-1-2-9-10(5-7)18-13(22)17-9/h1-2,5-6H,3-4H2,(H,16,20)(H2,17,18,22). The molecule has 1 aliphatic heterocycles. The molecule has 9 heteroatoms. The fraction of sp³-hybridized carbons (Fsp3) is 0.143. The molecule has 0 saturated carbocycles. The molecule has 0 fully saturated rings. The van der Waals surface area contributed by atoms with Gasteiger partial charge in [-0.05, 0) is 18.2 Å². The van der Waals surface area contributed by atoms with Gasteiger partial charge in [-0.15, -0.1) is 0 Å². The lowest BCUT2D eigenvalue weighted by Crippen LogP contribution is -2.29. The van der Waals surface area contributed by atoms with E-state index in [1.165, 1.54) is 22.5 Å². The number of hydrogen-bond acceptors (Lipinski definition) is 5. The zero-order chi connectivity index (χ0) is 16.0. The summed E-state index contributed by atoms with van der Waals surface area (Å²) in [5.41, 5.74) is 1.05. The molecule has 3 heterocycles. The van der Waals surface area contributed by atoms with Gasteiger partial charge in [0.2, 0.25) is 0 Å². The fourth-order valence-electron chi connectivity index (χ4n) is 2.48. The average Bonchev–Trinajstić information content (AvgIpc) is 3.12. The van der Waals surface area contributed by atoms with E-state index < -0.39 is 5.91 Å². The van der Waals surface area contributed by atoms with E-state index in [0.29, 0.717) is 28.4 Å². The first kappa shape index (κ1) is 13.8. The number of aromatic nitrogens is 4. The molecule has 4 rings (SSSR count). The molecule has 0 bridgehead atoms. The van der Waals surface area contributed by atoms with Crippen molar-refractivity contribution in [2.24, 2.45) is 0 Å². The predicted octanol–water partition coefficient (Wildman–Crippen LogP) is 0.771. The number of nitrogens with one attached hydrogen (secondary N) is 3. The van der Waals surface area contributed by atoms with Crippen molar-refractivity contribution in [3.8, 4) is 0 Å². The zero-order valence-corrected chi connectivity index (χ0v) is 12.6. The lowest BCUT2D eigenvalue weighted by molar-refractivity contribution is 0.102. The molecule has 2 aromatic heterocycles. The molecule has 116 valence electrons. The number of carbonyl (C=O) groups excluding carboxylic acids is 1. The molecular weight excluding hydrogens is 318 g/mol. The predicted molar refractivity (Wildman–Crippen MR) is 86.1 cm³/mol. The number of amides is 1. The summed E-state index contributed by atoms with van der Waals surface area (Å²) in [5.74, 6) is 0.261. The number of aromatic amines is 2. The molecule has 0 unspecified atom stereocenters. The normalized spacial score (nSPS) is 13.2. The maximum atomic E-state index is 12.3. The highest BCUT2D eigenvalue weighted by Crippen LogP contribution is 2.21. The van der Waals surface area contributed by atoms with Crippen LogP contribution in [0.2, 0.25) is 0 Å². The van der Waals surface area contributed by atoms with Crippen molar-refractivity contribution in [1.82, 2.24) is 19.5 Å². The second kappa shape index (κ2) is 5.13. The first-order chi connectivity index (χ1) is 11.1. The van der Waals surface area contributed by atoms with Crippen molar-refractivity contribution in [2.75, 3.05) is 11.1 Å². The molecule has 8 nitrogen and oxygen atoms in total. The number of fused-ring (bicyclic) bond motifs is 2. The van der Waals surface area contributed by atoms with Crippen molar-refractivity contribution in [2.45, 2.75) is 11.7 Å². The molecule has 1 aromatic carbocycles. The first-order valence-corrected chi connectivity index (χ1v) is 7.86. The van der Waals surface area contributed by atoms with Gasteiger partial charge < -0.3 is 15.3 Å². The summed E-state index contributed by atoms with van der Waals surface area (Å²) in [6.07, 6.45) is 1.30. The molecule has 0 atom stereocenters. The van der Waals surface area contributed by atoms with Crippen LogP contribution in [0.5, 0.6) is 0 Å². The number of carbonyl (C=O) groups is 1. The molecular formula is C14H11N5O3S. The molecule has 23 heavy (non-hydrogen) atoms. The van der Waals surface area contributed by atoms with Crippen LogP contribution in [0.1, 0.15) is 10.4 Å². The van der Waals surface area contributed by atoms with Gasteiger partial charge in [0.05, 0.1) is 11.0 Å². The highest BCUT2D eigenvalue weighted by molar-refractivity contribution is 7.99. The van der Waals surface area contributed by atoms with E-state index in [2.05, 4.69) is 20.3 Å². The Hall–Kier alpha value is -2.81. The van der Waals surface area contributed by atoms with Gasteiger partial charge in [-0.1, -0.05) is 11.8 Å². The highest BCUT2D eigenvalue weighted by Gasteiger charge is 2.20. The van der Waals surface area contributed by atoms with Crippen LogP contribution >= 0.6 is 11.8 Å². The van der Waals surface area contributed by atoms with Crippen LogP contribution in [0.15, 0.2) is 39.1 Å². The largest absolute Gasteiger partial charge is 0.323 e. The third kappa shape index (κ3) is 2.34. The van der Waals surface area contributed by atoms with Crippen LogP contribution in [-0.4, -0.2) is 31.2 Å². The van der Waals surface area contributed by atoms with E-state index in [-0.39, 0.29) is 16.8 Å². The first-order valence-electron chi connectivity index (χ1n) is 6.88. The third-order valence-corrected chi connectivity index (χ3v) is 4.55. The Bertz CT molecular complexity index is 1050. The molecule has 1 aliphatic rings. The smallest absolute Gasteiger partial charge is 0.322 e. The number of H-pyrrole nitrogens is 2. The van der Waals surface area contributed by atoms with E-state index in [0.717, 1.165) is 5.75 Å². The highest BCUT2D eigenvalue weighted by atomic mass is 32.2. The fourth-order valence-corrected chi connectivity index (χ4v) is 3.40. The monoisotopic (exact) mass is 329 g/mol. The zero-order valence-electron chi connectivity index (χ0n) is 11.8. The molecule has 1 amide bonds. The topological polar surface area (TPSA) is 113 Å². The van der Waals surface area contributed by atoms with Crippen molar-refractivity contribution >= 4 is 34.4 Å². The van der Waals surface area contributed by atoms with E-state index in [1.54, 1.807) is 18.2 Å². The van der Waals surface area contributed by atoms with Crippen molar-refractivity contribution in [3.63, 3.8) is 0 Å². The summed E-state index contributed by atoms with van der Waals surface area (Å²) in [4.78, 5) is 45.3. The van der Waals surface area contributed by atoms with Crippen molar-refractivity contribution in [1.29, 1.82) is 0 Å². The minimum atomic E-state index is -0.521. The van der Waals surface area contributed by atoms with Gasteiger partial charge in [0, 0.05) is 24.2 Å². The number of hydrogen-bond donors (Lipinski definition) is 3. The van der Waals surface area contributed by atoms with Gasteiger partial charge >= 0.3 is 5.69 Å². The van der Waals surface area contributed by atoms with E-state index in [1.807, 2.05) is 0 Å². The Labute approximate surface area is 132 Å². The Balaban J connectivity index is 1.66. The summed E-state index contributed by atoms with van der Waals surface area (Å²) < 4.78 is 1.51. The van der Waals surface area contributed by atoms with Crippen LogP contribution < -0.4 is 16.6 Å². The number of rotatable bonds is 2. The lowest BCUT2D eigenvalue weighted by atomic mass is 10.2. The minimum absolute atomic E-state index is 0.00101. The van der Waals surface area contributed by atoms with E-state index in [9.17, 15) is 14.4 Å². The minimum Gasteiger partial charge on any atom is -0.322 e. The van der Waals surface area contributed by atoms with Gasteiger partial charge in [0.25, 0.3) is 11.5 Å². The molecule has 0 spiro atoms. The maximum absolute atomic E-state index is 12.3. The van der Waals surface area contributed by atoms with Gasteiger partial charge in [0.1, 0.15) is 5.56 Å². The molecule has 0 aliphatic carbocycles. The molecule has 3 aromatic rings. The number of nitrogens with zero attached hydrogens (tertiary/aromatic N) is 2. The van der Waals surface area contributed by atoms with E-state index in [4.69, 9.17) is 0 Å². The van der Waals surface area contributed by atoms with Gasteiger partial charge in [-0.25, -0.2) is 9.78 Å². The van der Waals surface area contributed by atoms with Gasteiger partial charge in [-0.2, -0.15) is 0 Å². The van der Waals surface area contributed by atoms with Crippen LogP contribution in [0.25, 0.3) is 11.0 Å². The second-order valence-electron chi connectivity index (χ2n) is 5.05. The molecule has 0 saturated heterocycles. The second-order valence-corrected chi connectivity index (χ2v) is 6.12. The van der Waals surface area contributed by atoms with E-state index >= 15 is 0 Å². The van der Waals surface area contributed by atoms with Gasteiger partial charge in [0.15, 0.2) is 5.16 Å². The Morgan fingerprint density at radius 1 is 1.26 bits per heavy atom. The quantitative estimate of drug-likeness (QED) is 0.601. The number of benzene rings is 1. The van der Waals surface area contributed by atoms with Crippen LogP contribution in [0.3, 0.4) is 0 Å². The SMILES string of the molecule is O=C(Nc1ccc2[nH]c(=O)[nH]c2c1)c1cnc2n(c1=O)CCS2. The summed E-state index contributed by atoms with van der Waals surface area (Å²) in [6, 6.07) is 4.95. The lowest BCUT2D eigenvalue weighted by Gasteiger charge is -2.07. The molecule has 3 N–H and O–H groups in total. The summed E-state index contributed by atoms with van der Waals surface area (Å²) in [6.45, 7) is 0.559. The van der Waals surface area contributed by atoms with Crippen LogP contribution in [0, 0.1) is 0 Å². The van der Waals surface area contributed by atoms with Crippen molar-refractivity contribution < 1.29 is 4.79 Å². The summed E-state index contributed by atoms with van der Waals surface area (Å²) in [7, 11) is 0. The number of imidazole rings is 1. The van der Waals surface area contributed by atoms with Crippen LogP contribution in [-0.2, 0) is 6.54 Å². The maximum Gasteiger partial charge on any atom is 0.323 e. The Morgan fingerprint density at radius 2 is 2.09 bits per heavy atom. The van der Waals surface area contributed by atoms with Crippen LogP contribution in [0.4, 0.5) is 5.69 Å². The number of thioether (sulfide) groups is 1. The summed E-state index contributed by atoms with van der Waals surface area (Å²) >= 11 is 1.49. The Kier molecular flexibility index (Phi) is 3.08. The number of anilines is 1. The van der Waals surface area contributed by atoms with Gasteiger partial charge in [-0.3, -0.25) is 14.2 Å². The third-order valence-electron chi connectivity index (χ3n) is 3.58. The summed E-state index contributed by atoms with van der Waals surface area (Å²) in [5, 5.41) is 3.29. The average molecular weight is 329 g/mol. The Morgan fingerprint density at radius 3 is 2.96 bits per heavy atom. The molecule has 0 radical (unpaired) electrons.